The molecule has 1 aromatic carbocycles. The molecule has 2 atom stereocenters. The quantitative estimate of drug-likeness (QED) is 0.615. The minimum atomic E-state index is -3.32. The Balaban J connectivity index is 0.000000941. The van der Waals surface area contributed by atoms with E-state index in [0.29, 0.717) is 38.4 Å². The molecular weight excluding hydrogens is 404 g/mol. The standard InChI is InChI=1S/C17H22N2O6S.CH2O2/c1-26(23,24)15-4-2-13(3-5-15)17(22)19-7-12-6-18(9-16(20)21)8-14(19)11-25-10-12;2-1-3/h2-5,12,14H,6-11H2,1H3,(H,20,21);1H,(H,2,3)/t12-,14-;/m0./s1. The van der Waals surface area contributed by atoms with Crippen LogP contribution in [0.3, 0.4) is 0 Å². The third-order valence-corrected chi connectivity index (χ3v) is 5.82. The minimum Gasteiger partial charge on any atom is -0.483 e. The average molecular weight is 428 g/mol. The number of hydrogen-bond acceptors (Lipinski definition) is 7. The summed E-state index contributed by atoms with van der Waals surface area (Å²) >= 11 is 0. The molecule has 0 spiro atoms. The lowest BCUT2D eigenvalue weighted by Gasteiger charge is -2.30. The van der Waals surface area contributed by atoms with Gasteiger partial charge >= 0.3 is 5.97 Å². The lowest BCUT2D eigenvalue weighted by atomic mass is 10.1. The number of amides is 1. The Bertz CT molecular complexity index is 840. The summed E-state index contributed by atoms with van der Waals surface area (Å²) in [6.45, 7) is 2.05. The molecule has 2 aliphatic rings. The van der Waals surface area contributed by atoms with E-state index < -0.39 is 15.8 Å². The molecule has 2 aliphatic heterocycles. The van der Waals surface area contributed by atoms with Crippen molar-refractivity contribution in [3.8, 4) is 0 Å². The van der Waals surface area contributed by atoms with Gasteiger partial charge in [-0.25, -0.2) is 8.42 Å². The van der Waals surface area contributed by atoms with E-state index in [2.05, 4.69) is 0 Å². The number of sulfone groups is 1. The van der Waals surface area contributed by atoms with Crippen molar-refractivity contribution >= 4 is 28.2 Å². The number of carboxylic acids is 1. The minimum absolute atomic E-state index is 0.0427. The highest BCUT2D eigenvalue weighted by atomic mass is 32.2. The summed E-state index contributed by atoms with van der Waals surface area (Å²) in [5.74, 6) is -1.04. The van der Waals surface area contributed by atoms with Crippen LogP contribution in [0.25, 0.3) is 0 Å². The van der Waals surface area contributed by atoms with Crippen molar-refractivity contribution in [1.29, 1.82) is 0 Å². The van der Waals surface area contributed by atoms with Gasteiger partial charge in [0, 0.05) is 37.4 Å². The fourth-order valence-electron chi connectivity index (χ4n) is 3.52. The number of benzene rings is 1. The topological polar surface area (TPSA) is 142 Å². The van der Waals surface area contributed by atoms with Gasteiger partial charge < -0.3 is 19.8 Å². The van der Waals surface area contributed by atoms with E-state index in [1.165, 1.54) is 24.3 Å². The first kappa shape index (κ1) is 22.8. The predicted molar refractivity (Wildman–Crippen MR) is 101 cm³/mol. The molecule has 1 aromatic rings. The lowest BCUT2D eigenvalue weighted by molar-refractivity contribution is -0.138. The molecule has 2 fully saturated rings. The molecule has 10 nitrogen and oxygen atoms in total. The second kappa shape index (κ2) is 9.81. The lowest BCUT2D eigenvalue weighted by Crippen LogP contribution is -2.47. The van der Waals surface area contributed by atoms with Gasteiger partial charge in [0.05, 0.1) is 30.7 Å². The van der Waals surface area contributed by atoms with Crippen LogP contribution in [0, 0.1) is 5.92 Å². The third kappa shape index (κ3) is 6.24. The van der Waals surface area contributed by atoms with Crippen molar-refractivity contribution in [1.82, 2.24) is 9.80 Å². The zero-order valence-electron chi connectivity index (χ0n) is 15.9. The first-order valence-corrected chi connectivity index (χ1v) is 10.8. The molecule has 2 heterocycles. The molecule has 0 aromatic heterocycles. The molecule has 11 heteroatoms. The number of hydrogen-bond donors (Lipinski definition) is 2. The van der Waals surface area contributed by atoms with Crippen molar-refractivity contribution in [3.63, 3.8) is 0 Å². The highest BCUT2D eigenvalue weighted by molar-refractivity contribution is 7.90. The monoisotopic (exact) mass is 428 g/mol. The number of nitrogens with zero attached hydrogens (tertiary/aromatic N) is 2. The fourth-order valence-corrected chi connectivity index (χ4v) is 4.15. The van der Waals surface area contributed by atoms with Crippen LogP contribution in [0.5, 0.6) is 0 Å². The van der Waals surface area contributed by atoms with Crippen molar-refractivity contribution < 1.29 is 37.8 Å². The smallest absolute Gasteiger partial charge is 0.317 e. The molecule has 3 rings (SSSR count). The SMILES string of the molecule is CS(=O)(=O)c1ccc(C(=O)N2C[C@H]3COC[C@@H]2CN(CC(=O)O)C3)cc1.O=CO. The molecule has 2 bridgehead atoms. The van der Waals surface area contributed by atoms with Gasteiger partial charge in [-0.3, -0.25) is 19.3 Å². The summed E-state index contributed by atoms with van der Waals surface area (Å²) in [6.07, 6.45) is 1.12. The summed E-state index contributed by atoms with van der Waals surface area (Å²) in [5, 5.41) is 16.0. The van der Waals surface area contributed by atoms with E-state index in [1.54, 1.807) is 4.90 Å². The Morgan fingerprint density at radius 2 is 1.79 bits per heavy atom. The summed E-state index contributed by atoms with van der Waals surface area (Å²) in [4.78, 5) is 36.1. The number of ether oxygens (including phenoxy) is 1. The molecule has 2 N–H and O–H groups in total. The van der Waals surface area contributed by atoms with E-state index in [-0.39, 0.29) is 35.8 Å². The number of carbonyl (C=O) groups is 3. The molecule has 29 heavy (non-hydrogen) atoms. The summed E-state index contributed by atoms with van der Waals surface area (Å²) in [7, 11) is -3.32. The summed E-state index contributed by atoms with van der Waals surface area (Å²) in [5.41, 5.74) is 0.412. The number of aliphatic carboxylic acids is 1. The van der Waals surface area contributed by atoms with Crippen LogP contribution in [0.1, 0.15) is 10.4 Å². The Morgan fingerprint density at radius 3 is 2.34 bits per heavy atom. The maximum atomic E-state index is 13.0. The Hall–Kier alpha value is -2.50. The van der Waals surface area contributed by atoms with E-state index in [0.717, 1.165) is 6.26 Å². The Labute approximate surface area is 168 Å². The normalized spacial score (nSPS) is 22.0. The molecule has 1 amide bonds. The third-order valence-electron chi connectivity index (χ3n) is 4.69. The van der Waals surface area contributed by atoms with Gasteiger partial charge in [-0.1, -0.05) is 0 Å². The number of fused-ring (bicyclic) bond motifs is 3. The molecule has 0 radical (unpaired) electrons. The van der Waals surface area contributed by atoms with E-state index >= 15 is 0 Å². The highest BCUT2D eigenvalue weighted by Gasteiger charge is 2.36. The molecular formula is C18H24N2O8S. The zero-order valence-corrected chi connectivity index (χ0v) is 16.7. The van der Waals surface area contributed by atoms with E-state index in [1.807, 2.05) is 4.90 Å². The van der Waals surface area contributed by atoms with Gasteiger partial charge in [-0.2, -0.15) is 0 Å². The molecule has 160 valence electrons. The van der Waals surface area contributed by atoms with Crippen LogP contribution in [0.4, 0.5) is 0 Å². The fraction of sp³-hybridized carbons (Fsp3) is 0.500. The van der Waals surface area contributed by atoms with Crippen LogP contribution in [0.2, 0.25) is 0 Å². The van der Waals surface area contributed by atoms with Gasteiger partial charge in [0.1, 0.15) is 0 Å². The van der Waals surface area contributed by atoms with E-state index in [9.17, 15) is 18.0 Å². The second-order valence-corrected chi connectivity index (χ2v) is 9.02. The van der Waals surface area contributed by atoms with Crippen LogP contribution in [-0.2, 0) is 24.2 Å². The van der Waals surface area contributed by atoms with E-state index in [4.69, 9.17) is 19.7 Å². The molecule has 0 aliphatic carbocycles. The van der Waals surface area contributed by atoms with Crippen molar-refractivity contribution in [3.05, 3.63) is 29.8 Å². The van der Waals surface area contributed by atoms with Gasteiger partial charge in [0.2, 0.25) is 0 Å². The number of carbonyl (C=O) groups excluding carboxylic acids is 1. The first-order chi connectivity index (χ1) is 13.7. The average Bonchev–Trinajstić information content (AvgIpc) is 2.91. The number of rotatable bonds is 4. The van der Waals surface area contributed by atoms with Crippen LogP contribution in [0.15, 0.2) is 29.2 Å². The van der Waals surface area contributed by atoms with Gasteiger partial charge in [-0.05, 0) is 24.3 Å². The first-order valence-electron chi connectivity index (χ1n) is 8.86. The second-order valence-electron chi connectivity index (χ2n) is 7.00. The molecule has 0 saturated carbocycles. The van der Waals surface area contributed by atoms with Crippen molar-refractivity contribution in [2.45, 2.75) is 10.9 Å². The highest BCUT2D eigenvalue weighted by Crippen LogP contribution is 2.22. The summed E-state index contributed by atoms with van der Waals surface area (Å²) in [6, 6.07) is 5.66. The molecule has 2 saturated heterocycles. The maximum Gasteiger partial charge on any atom is 0.317 e. The predicted octanol–water partition coefficient (Wildman–Crippen LogP) is -0.352. The maximum absolute atomic E-state index is 13.0. The van der Waals surface area contributed by atoms with Crippen LogP contribution >= 0.6 is 0 Å². The molecule has 0 unspecified atom stereocenters. The van der Waals surface area contributed by atoms with Gasteiger partial charge in [0.15, 0.2) is 9.84 Å². The number of carboxylic acid groups (broad SMARTS) is 2. The zero-order chi connectivity index (χ0) is 21.6. The van der Waals surface area contributed by atoms with Crippen molar-refractivity contribution in [2.75, 3.05) is 45.6 Å². The summed E-state index contributed by atoms with van der Waals surface area (Å²) < 4.78 is 28.8. The van der Waals surface area contributed by atoms with Crippen molar-refractivity contribution in [2.24, 2.45) is 5.92 Å². The van der Waals surface area contributed by atoms with Gasteiger partial charge in [-0.15, -0.1) is 0 Å². The van der Waals surface area contributed by atoms with Crippen LogP contribution in [-0.4, -0.2) is 98.5 Å². The largest absolute Gasteiger partial charge is 0.483 e. The Kier molecular flexibility index (Phi) is 7.71. The Morgan fingerprint density at radius 1 is 1.17 bits per heavy atom. The van der Waals surface area contributed by atoms with Crippen LogP contribution < -0.4 is 0 Å². The van der Waals surface area contributed by atoms with Gasteiger partial charge in [0.25, 0.3) is 12.4 Å².